The summed E-state index contributed by atoms with van der Waals surface area (Å²) >= 11 is 0. The van der Waals surface area contributed by atoms with Crippen LogP contribution < -0.4 is 5.73 Å². The van der Waals surface area contributed by atoms with Gasteiger partial charge in [0.05, 0.1) is 25.3 Å². The van der Waals surface area contributed by atoms with Gasteiger partial charge in [0.1, 0.15) is 0 Å². The number of aromatic nitrogens is 1. The van der Waals surface area contributed by atoms with E-state index in [9.17, 15) is 4.79 Å². The Kier molecular flexibility index (Phi) is 3.94. The number of benzene rings is 1. The highest BCUT2D eigenvalue weighted by molar-refractivity contribution is 5.86. The number of nitrogens with zero attached hydrogens (tertiary/aromatic N) is 1. The molecule has 1 aromatic carbocycles. The fraction of sp³-hybridized carbons (Fsp3) is 0.438. The molecule has 0 saturated carbocycles. The van der Waals surface area contributed by atoms with Crippen LogP contribution in [-0.2, 0) is 16.0 Å². The van der Waals surface area contributed by atoms with Crippen LogP contribution in [0.1, 0.15) is 12.5 Å². The smallest absolute Gasteiger partial charge is 0.240 e. The van der Waals surface area contributed by atoms with E-state index >= 15 is 0 Å². The maximum absolute atomic E-state index is 12.5. The Morgan fingerprint density at radius 1 is 1.52 bits per heavy atom. The van der Waals surface area contributed by atoms with Gasteiger partial charge in [-0.2, -0.15) is 0 Å². The number of rotatable bonds is 3. The number of hydrogen-bond acceptors (Lipinski definition) is 3. The lowest BCUT2D eigenvalue weighted by Gasteiger charge is -2.35. The van der Waals surface area contributed by atoms with Crippen molar-refractivity contribution in [3.8, 4) is 0 Å². The number of fused-ring (bicyclic) bond motifs is 1. The fourth-order valence-corrected chi connectivity index (χ4v) is 2.89. The third-order valence-electron chi connectivity index (χ3n) is 4.08. The van der Waals surface area contributed by atoms with E-state index in [1.165, 1.54) is 0 Å². The lowest BCUT2D eigenvalue weighted by molar-refractivity contribution is -0.140. The number of morpholine rings is 1. The van der Waals surface area contributed by atoms with E-state index in [0.717, 1.165) is 16.5 Å². The fourth-order valence-electron chi connectivity index (χ4n) is 2.89. The predicted octanol–water partition coefficient (Wildman–Crippen LogP) is 1.29. The molecular weight excluding hydrogens is 266 g/mol. The van der Waals surface area contributed by atoms with E-state index in [2.05, 4.69) is 11.1 Å². The van der Waals surface area contributed by atoms with Crippen LogP contribution in [0, 0.1) is 0 Å². The molecule has 0 aliphatic carbocycles. The summed E-state index contributed by atoms with van der Waals surface area (Å²) in [5.41, 5.74) is 8.31. The van der Waals surface area contributed by atoms with Crippen LogP contribution in [0.25, 0.3) is 10.9 Å². The van der Waals surface area contributed by atoms with Gasteiger partial charge in [0.2, 0.25) is 5.91 Å². The van der Waals surface area contributed by atoms with Crippen LogP contribution in [0.3, 0.4) is 0 Å². The molecule has 0 radical (unpaired) electrons. The molecule has 0 spiro atoms. The van der Waals surface area contributed by atoms with E-state index in [-0.39, 0.29) is 11.9 Å². The molecule has 1 amide bonds. The van der Waals surface area contributed by atoms with Gasteiger partial charge in [0.15, 0.2) is 0 Å². The molecule has 2 heterocycles. The van der Waals surface area contributed by atoms with Crippen molar-refractivity contribution >= 4 is 16.8 Å². The molecule has 1 aliphatic heterocycles. The van der Waals surface area contributed by atoms with Crippen molar-refractivity contribution in [2.24, 2.45) is 5.73 Å². The zero-order valence-electron chi connectivity index (χ0n) is 12.2. The highest BCUT2D eigenvalue weighted by atomic mass is 16.5. The minimum absolute atomic E-state index is 0.0103. The molecule has 2 atom stereocenters. The Balaban J connectivity index is 1.73. The summed E-state index contributed by atoms with van der Waals surface area (Å²) in [5, 5.41) is 1.13. The first kappa shape index (κ1) is 14.1. The second-order valence-corrected chi connectivity index (χ2v) is 5.63. The number of carbonyl (C=O) groups excluding carboxylic acids is 1. The Hall–Kier alpha value is -1.85. The van der Waals surface area contributed by atoms with Gasteiger partial charge in [-0.15, -0.1) is 0 Å². The van der Waals surface area contributed by atoms with Gasteiger partial charge in [-0.3, -0.25) is 4.79 Å². The topological polar surface area (TPSA) is 71.3 Å². The number of carbonyl (C=O) groups is 1. The summed E-state index contributed by atoms with van der Waals surface area (Å²) < 4.78 is 5.37. The number of aromatic amines is 1. The molecule has 1 aromatic heterocycles. The standard InChI is InChI=1S/C16H21N3O2/c1-11-10-21-7-6-19(11)16(20)14(17)8-12-9-18-15-5-3-2-4-13(12)15/h2-5,9,11,14,18H,6-8,10,17H2,1H3/t11-,14?/m1/s1. The highest BCUT2D eigenvalue weighted by Crippen LogP contribution is 2.19. The number of H-pyrrole nitrogens is 1. The molecule has 2 aromatic rings. The van der Waals surface area contributed by atoms with Crippen LogP contribution in [0.15, 0.2) is 30.5 Å². The summed E-state index contributed by atoms with van der Waals surface area (Å²) in [4.78, 5) is 17.6. The average Bonchev–Trinajstić information content (AvgIpc) is 2.90. The first-order valence-electron chi connectivity index (χ1n) is 7.35. The number of amides is 1. The highest BCUT2D eigenvalue weighted by Gasteiger charge is 2.28. The number of ether oxygens (including phenoxy) is 1. The Labute approximate surface area is 124 Å². The summed E-state index contributed by atoms with van der Waals surface area (Å²) in [6.07, 6.45) is 2.49. The summed E-state index contributed by atoms with van der Waals surface area (Å²) in [6, 6.07) is 7.65. The molecule has 5 heteroatoms. The van der Waals surface area contributed by atoms with E-state index in [0.29, 0.717) is 26.2 Å². The van der Waals surface area contributed by atoms with Crippen molar-refractivity contribution < 1.29 is 9.53 Å². The number of nitrogens with one attached hydrogen (secondary N) is 1. The van der Waals surface area contributed by atoms with Gasteiger partial charge in [-0.1, -0.05) is 18.2 Å². The minimum atomic E-state index is -0.509. The van der Waals surface area contributed by atoms with Crippen molar-refractivity contribution in [2.75, 3.05) is 19.8 Å². The third kappa shape index (κ3) is 2.80. The molecule has 3 rings (SSSR count). The Bertz CT molecular complexity index is 637. The van der Waals surface area contributed by atoms with Gasteiger partial charge in [0.25, 0.3) is 0 Å². The normalized spacial score (nSPS) is 20.7. The number of hydrogen-bond donors (Lipinski definition) is 2. The van der Waals surface area contributed by atoms with Gasteiger partial charge < -0.3 is 20.4 Å². The molecule has 1 aliphatic rings. The molecule has 1 unspecified atom stereocenters. The molecule has 1 saturated heterocycles. The molecule has 21 heavy (non-hydrogen) atoms. The SMILES string of the molecule is C[C@@H]1COCCN1C(=O)C(N)Cc1c[nH]c2ccccc12. The van der Waals surface area contributed by atoms with Crippen molar-refractivity contribution in [3.05, 3.63) is 36.0 Å². The van der Waals surface area contributed by atoms with Crippen molar-refractivity contribution in [1.82, 2.24) is 9.88 Å². The summed E-state index contributed by atoms with van der Waals surface area (Å²) in [7, 11) is 0. The summed E-state index contributed by atoms with van der Waals surface area (Å²) in [5.74, 6) is 0.0103. The van der Waals surface area contributed by atoms with E-state index in [1.807, 2.05) is 36.2 Å². The molecule has 112 valence electrons. The van der Waals surface area contributed by atoms with E-state index < -0.39 is 6.04 Å². The second-order valence-electron chi connectivity index (χ2n) is 5.63. The lowest BCUT2D eigenvalue weighted by atomic mass is 10.0. The molecule has 1 fully saturated rings. The van der Waals surface area contributed by atoms with E-state index in [4.69, 9.17) is 10.5 Å². The maximum Gasteiger partial charge on any atom is 0.240 e. The molecule has 0 bridgehead atoms. The van der Waals surface area contributed by atoms with Crippen molar-refractivity contribution in [2.45, 2.75) is 25.4 Å². The van der Waals surface area contributed by atoms with Crippen LogP contribution in [0.2, 0.25) is 0 Å². The largest absolute Gasteiger partial charge is 0.377 e. The first-order chi connectivity index (χ1) is 10.2. The molecular formula is C16H21N3O2. The van der Waals surface area contributed by atoms with Crippen molar-refractivity contribution in [1.29, 1.82) is 0 Å². The molecule has 3 N–H and O–H groups in total. The lowest BCUT2D eigenvalue weighted by Crippen LogP contribution is -2.53. The summed E-state index contributed by atoms with van der Waals surface area (Å²) in [6.45, 7) is 3.80. The number of para-hydroxylation sites is 1. The first-order valence-corrected chi connectivity index (χ1v) is 7.35. The predicted molar refractivity (Wildman–Crippen MR) is 82.0 cm³/mol. The van der Waals surface area contributed by atoms with Gasteiger partial charge >= 0.3 is 0 Å². The zero-order chi connectivity index (χ0) is 14.8. The number of nitrogens with two attached hydrogens (primary N) is 1. The van der Waals surface area contributed by atoms with Crippen LogP contribution in [0.4, 0.5) is 0 Å². The van der Waals surface area contributed by atoms with Gasteiger partial charge in [-0.05, 0) is 25.0 Å². The quantitative estimate of drug-likeness (QED) is 0.893. The minimum Gasteiger partial charge on any atom is -0.377 e. The van der Waals surface area contributed by atoms with Gasteiger partial charge in [0, 0.05) is 23.6 Å². The van der Waals surface area contributed by atoms with Crippen LogP contribution in [-0.4, -0.2) is 47.6 Å². The third-order valence-corrected chi connectivity index (χ3v) is 4.08. The van der Waals surface area contributed by atoms with Crippen LogP contribution >= 0.6 is 0 Å². The second kappa shape index (κ2) is 5.87. The van der Waals surface area contributed by atoms with Crippen LogP contribution in [0.5, 0.6) is 0 Å². The van der Waals surface area contributed by atoms with Crippen molar-refractivity contribution in [3.63, 3.8) is 0 Å². The monoisotopic (exact) mass is 287 g/mol. The average molecular weight is 287 g/mol. The van der Waals surface area contributed by atoms with E-state index in [1.54, 1.807) is 0 Å². The molecule has 5 nitrogen and oxygen atoms in total. The Morgan fingerprint density at radius 2 is 2.33 bits per heavy atom. The Morgan fingerprint density at radius 3 is 3.14 bits per heavy atom. The zero-order valence-corrected chi connectivity index (χ0v) is 12.2. The van der Waals surface area contributed by atoms with Gasteiger partial charge in [-0.25, -0.2) is 0 Å². The maximum atomic E-state index is 12.5.